The van der Waals surface area contributed by atoms with Crippen molar-refractivity contribution in [1.29, 1.82) is 0 Å². The Kier molecular flexibility index (Phi) is 6.77. The van der Waals surface area contributed by atoms with Gasteiger partial charge in [0.2, 0.25) is 11.7 Å². The molecule has 6 nitrogen and oxygen atoms in total. The van der Waals surface area contributed by atoms with Crippen molar-refractivity contribution in [2.24, 2.45) is 0 Å². The van der Waals surface area contributed by atoms with Gasteiger partial charge >= 0.3 is 0 Å². The second kappa shape index (κ2) is 9.47. The number of ether oxygens (including phenoxy) is 3. The molecule has 0 aromatic heterocycles. The SMILES string of the molecule is COc1cc(C=CC(=O)N2CCN(C)CC2c2ccccc2)cc(OC)c1OC. The molecular formula is C23H28N2O4. The number of hydrogen-bond acceptors (Lipinski definition) is 5. The molecule has 0 saturated carbocycles. The molecule has 1 saturated heterocycles. The first kappa shape index (κ1) is 20.7. The lowest BCUT2D eigenvalue weighted by Crippen LogP contribution is -2.48. The van der Waals surface area contributed by atoms with Crippen molar-refractivity contribution in [2.45, 2.75) is 6.04 Å². The van der Waals surface area contributed by atoms with Gasteiger partial charge in [0, 0.05) is 25.7 Å². The molecule has 1 atom stereocenters. The summed E-state index contributed by atoms with van der Waals surface area (Å²) in [5.41, 5.74) is 1.95. The normalized spacial score (nSPS) is 17.4. The van der Waals surface area contributed by atoms with Crippen LogP contribution < -0.4 is 14.2 Å². The highest BCUT2D eigenvalue weighted by molar-refractivity contribution is 5.92. The summed E-state index contributed by atoms with van der Waals surface area (Å²) < 4.78 is 16.1. The van der Waals surface area contributed by atoms with Crippen LogP contribution in [0.25, 0.3) is 6.08 Å². The van der Waals surface area contributed by atoms with Crippen molar-refractivity contribution in [2.75, 3.05) is 48.0 Å². The van der Waals surface area contributed by atoms with Gasteiger partial charge in [-0.3, -0.25) is 4.79 Å². The van der Waals surface area contributed by atoms with E-state index in [4.69, 9.17) is 14.2 Å². The molecule has 0 N–H and O–H groups in total. The van der Waals surface area contributed by atoms with Crippen molar-refractivity contribution in [3.05, 3.63) is 59.7 Å². The van der Waals surface area contributed by atoms with Crippen molar-refractivity contribution in [1.82, 2.24) is 9.80 Å². The van der Waals surface area contributed by atoms with Crippen LogP contribution in [0.4, 0.5) is 0 Å². The molecule has 0 aliphatic carbocycles. The molecule has 1 fully saturated rings. The largest absolute Gasteiger partial charge is 0.493 e. The number of rotatable bonds is 6. The van der Waals surface area contributed by atoms with Crippen LogP contribution in [0.15, 0.2) is 48.5 Å². The average molecular weight is 396 g/mol. The minimum atomic E-state index is -0.0132. The molecule has 0 spiro atoms. The Morgan fingerprint density at radius 1 is 1.00 bits per heavy atom. The fraction of sp³-hybridized carbons (Fsp3) is 0.348. The van der Waals surface area contributed by atoms with Crippen molar-refractivity contribution in [3.63, 3.8) is 0 Å². The van der Waals surface area contributed by atoms with E-state index in [1.807, 2.05) is 35.2 Å². The number of carbonyl (C=O) groups is 1. The topological polar surface area (TPSA) is 51.2 Å². The van der Waals surface area contributed by atoms with Gasteiger partial charge in [0.05, 0.1) is 27.4 Å². The summed E-state index contributed by atoms with van der Waals surface area (Å²) >= 11 is 0. The molecule has 6 heteroatoms. The van der Waals surface area contributed by atoms with Crippen LogP contribution in [0.5, 0.6) is 17.2 Å². The second-order valence-corrected chi connectivity index (χ2v) is 7.01. The van der Waals surface area contributed by atoms with Crippen LogP contribution in [0.1, 0.15) is 17.2 Å². The molecular weight excluding hydrogens is 368 g/mol. The third kappa shape index (κ3) is 4.71. The maximum absolute atomic E-state index is 13.0. The molecule has 0 bridgehead atoms. The van der Waals surface area contributed by atoms with Crippen molar-refractivity contribution in [3.8, 4) is 17.2 Å². The first-order chi connectivity index (χ1) is 14.1. The zero-order chi connectivity index (χ0) is 20.8. The van der Waals surface area contributed by atoms with E-state index >= 15 is 0 Å². The van der Waals surface area contributed by atoms with Gasteiger partial charge in [0.1, 0.15) is 0 Å². The Morgan fingerprint density at radius 2 is 1.66 bits per heavy atom. The molecule has 1 amide bonds. The third-order valence-corrected chi connectivity index (χ3v) is 5.16. The summed E-state index contributed by atoms with van der Waals surface area (Å²) in [5, 5.41) is 0. The highest BCUT2D eigenvalue weighted by Crippen LogP contribution is 2.38. The molecule has 29 heavy (non-hydrogen) atoms. The fourth-order valence-electron chi connectivity index (χ4n) is 3.60. The summed E-state index contributed by atoms with van der Waals surface area (Å²) in [4.78, 5) is 17.2. The van der Waals surface area contributed by atoms with E-state index in [-0.39, 0.29) is 11.9 Å². The van der Waals surface area contributed by atoms with E-state index in [0.717, 1.165) is 24.2 Å². The molecule has 2 aromatic carbocycles. The Morgan fingerprint density at radius 3 is 2.24 bits per heavy atom. The monoisotopic (exact) mass is 396 g/mol. The summed E-state index contributed by atoms with van der Waals surface area (Å²) in [7, 11) is 6.80. The maximum atomic E-state index is 13.0. The Hall–Kier alpha value is -2.99. The number of methoxy groups -OCH3 is 3. The third-order valence-electron chi connectivity index (χ3n) is 5.16. The van der Waals surface area contributed by atoms with Gasteiger partial charge in [-0.15, -0.1) is 0 Å². The lowest BCUT2D eigenvalue weighted by atomic mass is 10.0. The van der Waals surface area contributed by atoms with E-state index in [9.17, 15) is 4.79 Å². The van der Waals surface area contributed by atoms with Crippen molar-refractivity contribution >= 4 is 12.0 Å². The number of hydrogen-bond donors (Lipinski definition) is 0. The molecule has 1 heterocycles. The van der Waals surface area contributed by atoms with Crippen LogP contribution in [0.3, 0.4) is 0 Å². The predicted octanol–water partition coefficient (Wildman–Crippen LogP) is 3.24. The summed E-state index contributed by atoms with van der Waals surface area (Å²) in [6, 6.07) is 13.9. The van der Waals surface area contributed by atoms with E-state index in [1.54, 1.807) is 33.5 Å². The Labute approximate surface area is 172 Å². The molecule has 3 rings (SSSR count). The summed E-state index contributed by atoms with van der Waals surface area (Å²) in [6.07, 6.45) is 3.40. The highest BCUT2D eigenvalue weighted by atomic mass is 16.5. The Balaban J connectivity index is 1.84. The van der Waals surface area contributed by atoms with E-state index < -0.39 is 0 Å². The Bertz CT molecular complexity index is 841. The van der Waals surface area contributed by atoms with E-state index in [0.29, 0.717) is 23.8 Å². The van der Waals surface area contributed by atoms with Gasteiger partial charge in [-0.1, -0.05) is 30.3 Å². The molecule has 2 aromatic rings. The number of amides is 1. The first-order valence-electron chi connectivity index (χ1n) is 9.59. The quantitative estimate of drug-likeness (QED) is 0.702. The van der Waals surface area contributed by atoms with Gasteiger partial charge < -0.3 is 24.0 Å². The van der Waals surface area contributed by atoms with Gasteiger partial charge in [-0.05, 0) is 36.4 Å². The molecule has 154 valence electrons. The number of carbonyl (C=O) groups excluding carboxylic acids is 1. The lowest BCUT2D eigenvalue weighted by Gasteiger charge is -2.40. The highest BCUT2D eigenvalue weighted by Gasteiger charge is 2.29. The van der Waals surface area contributed by atoms with Crippen LogP contribution >= 0.6 is 0 Å². The molecule has 1 unspecified atom stereocenters. The number of benzene rings is 2. The molecule has 0 radical (unpaired) electrons. The predicted molar refractivity (Wildman–Crippen MR) is 114 cm³/mol. The summed E-state index contributed by atoms with van der Waals surface area (Å²) in [5.74, 6) is 1.63. The molecule has 1 aliphatic heterocycles. The minimum Gasteiger partial charge on any atom is -0.493 e. The van der Waals surface area contributed by atoms with Gasteiger partial charge in [0.15, 0.2) is 11.5 Å². The number of piperazine rings is 1. The van der Waals surface area contributed by atoms with E-state index in [2.05, 4.69) is 24.1 Å². The van der Waals surface area contributed by atoms with Crippen LogP contribution in [0, 0.1) is 0 Å². The molecule has 1 aliphatic rings. The average Bonchev–Trinajstić information content (AvgIpc) is 2.77. The smallest absolute Gasteiger partial charge is 0.247 e. The van der Waals surface area contributed by atoms with Crippen LogP contribution in [-0.2, 0) is 4.79 Å². The zero-order valence-corrected chi connectivity index (χ0v) is 17.4. The first-order valence-corrected chi connectivity index (χ1v) is 9.59. The maximum Gasteiger partial charge on any atom is 0.247 e. The lowest BCUT2D eigenvalue weighted by molar-refractivity contribution is -0.130. The number of nitrogens with zero attached hydrogens (tertiary/aromatic N) is 2. The standard InChI is InChI=1S/C23H28N2O4/c1-24-12-13-25(19(16-24)18-8-6-5-7-9-18)22(26)11-10-17-14-20(27-2)23(29-4)21(15-17)28-3/h5-11,14-15,19H,12-13,16H2,1-4H3. The fourth-order valence-corrected chi connectivity index (χ4v) is 3.60. The number of likely N-dealkylation sites (N-methyl/N-ethyl adjacent to an activating group) is 1. The second-order valence-electron chi connectivity index (χ2n) is 7.01. The van der Waals surface area contributed by atoms with E-state index in [1.165, 1.54) is 0 Å². The summed E-state index contributed by atoms with van der Waals surface area (Å²) in [6.45, 7) is 2.36. The van der Waals surface area contributed by atoms with Gasteiger partial charge in [-0.25, -0.2) is 0 Å². The minimum absolute atomic E-state index is 0.0132. The van der Waals surface area contributed by atoms with Gasteiger partial charge in [0.25, 0.3) is 0 Å². The van der Waals surface area contributed by atoms with Crippen LogP contribution in [-0.4, -0.2) is 63.7 Å². The van der Waals surface area contributed by atoms with Crippen molar-refractivity contribution < 1.29 is 19.0 Å². The van der Waals surface area contributed by atoms with Gasteiger partial charge in [-0.2, -0.15) is 0 Å². The zero-order valence-electron chi connectivity index (χ0n) is 17.4. The van der Waals surface area contributed by atoms with Crippen LogP contribution in [0.2, 0.25) is 0 Å².